The molecule has 8 heteroatoms. The Morgan fingerprint density at radius 1 is 1.11 bits per heavy atom. The largest absolute Gasteiger partial charge is 0.336 e. The molecule has 1 aliphatic heterocycles. The van der Waals surface area contributed by atoms with E-state index in [-0.39, 0.29) is 17.7 Å². The first kappa shape index (κ1) is 18.2. The van der Waals surface area contributed by atoms with Gasteiger partial charge in [0.15, 0.2) is 11.0 Å². The zero-order chi connectivity index (χ0) is 19.5. The van der Waals surface area contributed by atoms with Crippen molar-refractivity contribution < 1.29 is 9.59 Å². The van der Waals surface area contributed by atoms with Gasteiger partial charge in [0, 0.05) is 24.3 Å². The van der Waals surface area contributed by atoms with Gasteiger partial charge in [0.05, 0.1) is 5.75 Å². The van der Waals surface area contributed by atoms with Gasteiger partial charge in [-0.15, -0.1) is 10.2 Å². The average molecular weight is 393 g/mol. The van der Waals surface area contributed by atoms with Crippen LogP contribution in [-0.2, 0) is 4.79 Å². The number of urea groups is 1. The van der Waals surface area contributed by atoms with E-state index in [1.54, 1.807) is 0 Å². The molecule has 1 fully saturated rings. The highest BCUT2D eigenvalue weighted by atomic mass is 32.2. The molecule has 142 valence electrons. The van der Waals surface area contributed by atoms with Gasteiger partial charge >= 0.3 is 6.03 Å². The Balaban J connectivity index is 1.65. The molecule has 0 unspecified atom stereocenters. The fourth-order valence-corrected chi connectivity index (χ4v) is 3.81. The number of hydrogen-bond donors (Lipinski definition) is 1. The Bertz CT molecular complexity index is 1000. The van der Waals surface area contributed by atoms with E-state index in [2.05, 4.69) is 15.5 Å². The van der Waals surface area contributed by atoms with Crippen molar-refractivity contribution in [2.24, 2.45) is 0 Å². The Morgan fingerprint density at radius 3 is 2.54 bits per heavy atom. The molecule has 0 saturated carbocycles. The minimum Gasteiger partial charge on any atom is -0.336 e. The second-order valence-corrected chi connectivity index (χ2v) is 7.35. The Morgan fingerprint density at radius 2 is 1.86 bits per heavy atom. The maximum Gasteiger partial charge on any atom is 0.324 e. The molecule has 0 aliphatic carbocycles. The molecule has 4 rings (SSSR count). The van der Waals surface area contributed by atoms with Crippen LogP contribution < -0.4 is 5.32 Å². The third-order valence-electron chi connectivity index (χ3n) is 4.44. The summed E-state index contributed by atoms with van der Waals surface area (Å²) in [5.41, 5.74) is 3.01. The van der Waals surface area contributed by atoms with E-state index < -0.39 is 0 Å². The number of aromatic nitrogens is 3. The minimum absolute atomic E-state index is 0.117. The first-order chi connectivity index (χ1) is 13.6. The standard InChI is InChI=1S/C20H19N5O2S/c1-14-7-9-16(10-8-14)25-18(15-5-3-2-4-6-15)22-23-20(25)28-13-17(26)24-12-11-21-19(24)27/h2-10H,11-13H2,1H3,(H,21,27). The van der Waals surface area contributed by atoms with Crippen LogP contribution in [-0.4, -0.2) is 50.4 Å². The SMILES string of the molecule is Cc1ccc(-n2c(SCC(=O)N3CCNC3=O)nnc2-c2ccccc2)cc1. The van der Waals surface area contributed by atoms with Crippen molar-refractivity contribution in [3.8, 4) is 17.1 Å². The second kappa shape index (κ2) is 7.85. The van der Waals surface area contributed by atoms with E-state index in [9.17, 15) is 9.59 Å². The summed E-state index contributed by atoms with van der Waals surface area (Å²) in [6.45, 7) is 2.93. The predicted molar refractivity (Wildman–Crippen MR) is 107 cm³/mol. The highest BCUT2D eigenvalue weighted by Gasteiger charge is 2.26. The van der Waals surface area contributed by atoms with Crippen molar-refractivity contribution in [2.45, 2.75) is 12.1 Å². The van der Waals surface area contributed by atoms with E-state index in [1.807, 2.05) is 66.1 Å². The summed E-state index contributed by atoms with van der Waals surface area (Å²) in [7, 11) is 0. The monoisotopic (exact) mass is 393 g/mol. The number of aryl methyl sites for hydroxylation is 1. The van der Waals surface area contributed by atoms with Gasteiger partial charge in [-0.2, -0.15) is 0 Å². The molecule has 1 aromatic heterocycles. The molecular formula is C20H19N5O2S. The van der Waals surface area contributed by atoms with Crippen molar-refractivity contribution in [3.05, 3.63) is 60.2 Å². The lowest BCUT2D eigenvalue weighted by Gasteiger charge is -2.13. The highest BCUT2D eigenvalue weighted by Crippen LogP contribution is 2.28. The zero-order valence-electron chi connectivity index (χ0n) is 15.3. The highest BCUT2D eigenvalue weighted by molar-refractivity contribution is 7.99. The number of rotatable bonds is 5. The molecule has 0 spiro atoms. The molecule has 28 heavy (non-hydrogen) atoms. The number of carbonyl (C=O) groups excluding carboxylic acids is 2. The molecule has 0 radical (unpaired) electrons. The summed E-state index contributed by atoms with van der Waals surface area (Å²) >= 11 is 1.28. The van der Waals surface area contributed by atoms with Crippen molar-refractivity contribution in [3.63, 3.8) is 0 Å². The molecule has 2 heterocycles. The maximum atomic E-state index is 12.4. The van der Waals surface area contributed by atoms with E-state index in [1.165, 1.54) is 16.7 Å². The number of amides is 3. The number of hydrogen-bond acceptors (Lipinski definition) is 5. The Labute approximate surface area is 166 Å². The summed E-state index contributed by atoms with van der Waals surface area (Å²) in [4.78, 5) is 25.3. The zero-order valence-corrected chi connectivity index (χ0v) is 16.1. The number of carbonyl (C=O) groups is 2. The van der Waals surface area contributed by atoms with Crippen molar-refractivity contribution in [1.82, 2.24) is 25.0 Å². The van der Waals surface area contributed by atoms with Crippen LogP contribution in [0.1, 0.15) is 5.56 Å². The molecule has 2 aromatic carbocycles. The molecule has 3 amide bonds. The van der Waals surface area contributed by atoms with Crippen molar-refractivity contribution in [1.29, 1.82) is 0 Å². The van der Waals surface area contributed by atoms with Gasteiger partial charge in [-0.05, 0) is 19.1 Å². The Kier molecular flexibility index (Phi) is 5.12. The van der Waals surface area contributed by atoms with Gasteiger partial charge in [-0.3, -0.25) is 14.3 Å². The topological polar surface area (TPSA) is 80.1 Å². The van der Waals surface area contributed by atoms with Crippen molar-refractivity contribution in [2.75, 3.05) is 18.8 Å². The van der Waals surface area contributed by atoms with E-state index in [0.717, 1.165) is 16.8 Å². The van der Waals surface area contributed by atoms with E-state index in [0.29, 0.717) is 24.1 Å². The molecule has 7 nitrogen and oxygen atoms in total. The number of thioether (sulfide) groups is 1. The van der Waals surface area contributed by atoms with E-state index >= 15 is 0 Å². The van der Waals surface area contributed by atoms with Gasteiger partial charge < -0.3 is 5.32 Å². The number of imide groups is 1. The molecule has 0 bridgehead atoms. The van der Waals surface area contributed by atoms with Crippen LogP contribution in [0.2, 0.25) is 0 Å². The summed E-state index contributed by atoms with van der Waals surface area (Å²) in [6, 6.07) is 17.5. The van der Waals surface area contributed by atoms with Gasteiger partial charge in [-0.1, -0.05) is 59.8 Å². The van der Waals surface area contributed by atoms with Crippen LogP contribution in [0, 0.1) is 6.92 Å². The van der Waals surface area contributed by atoms with Crippen LogP contribution in [0.25, 0.3) is 17.1 Å². The van der Waals surface area contributed by atoms with Gasteiger partial charge in [-0.25, -0.2) is 4.79 Å². The average Bonchev–Trinajstić information content (AvgIpc) is 3.34. The summed E-state index contributed by atoms with van der Waals surface area (Å²) in [5.74, 6) is 0.588. The van der Waals surface area contributed by atoms with Crippen LogP contribution in [0.4, 0.5) is 4.79 Å². The van der Waals surface area contributed by atoms with Gasteiger partial charge in [0.25, 0.3) is 0 Å². The fourth-order valence-electron chi connectivity index (χ4n) is 2.98. The molecule has 3 aromatic rings. The van der Waals surface area contributed by atoms with E-state index in [4.69, 9.17) is 0 Å². The normalized spacial score (nSPS) is 13.6. The van der Waals surface area contributed by atoms with Crippen LogP contribution >= 0.6 is 11.8 Å². The quantitative estimate of drug-likeness (QED) is 0.674. The summed E-state index contributed by atoms with van der Waals surface area (Å²) in [6.07, 6.45) is 0. The maximum absolute atomic E-state index is 12.4. The second-order valence-electron chi connectivity index (χ2n) is 6.41. The molecule has 0 atom stereocenters. The molecular weight excluding hydrogens is 374 g/mol. The number of benzene rings is 2. The predicted octanol–water partition coefficient (Wildman–Crippen LogP) is 2.89. The smallest absolute Gasteiger partial charge is 0.324 e. The van der Waals surface area contributed by atoms with Crippen LogP contribution in [0.15, 0.2) is 59.8 Å². The van der Waals surface area contributed by atoms with Crippen LogP contribution in [0.3, 0.4) is 0 Å². The molecule has 1 N–H and O–H groups in total. The Hall–Kier alpha value is -3.13. The summed E-state index contributed by atoms with van der Waals surface area (Å²) in [5, 5.41) is 11.9. The first-order valence-corrected chi connectivity index (χ1v) is 9.91. The third-order valence-corrected chi connectivity index (χ3v) is 5.35. The number of nitrogens with one attached hydrogen (secondary N) is 1. The van der Waals surface area contributed by atoms with Crippen molar-refractivity contribution >= 4 is 23.7 Å². The fraction of sp³-hybridized carbons (Fsp3) is 0.200. The lowest BCUT2D eigenvalue weighted by molar-refractivity contribution is -0.124. The summed E-state index contributed by atoms with van der Waals surface area (Å²) < 4.78 is 1.94. The first-order valence-electron chi connectivity index (χ1n) is 8.92. The van der Waals surface area contributed by atoms with Gasteiger partial charge in [0.1, 0.15) is 0 Å². The third kappa shape index (κ3) is 3.63. The van der Waals surface area contributed by atoms with Crippen LogP contribution in [0.5, 0.6) is 0 Å². The molecule has 1 aliphatic rings. The lowest BCUT2D eigenvalue weighted by atomic mass is 10.2. The van der Waals surface area contributed by atoms with Gasteiger partial charge in [0.2, 0.25) is 5.91 Å². The lowest BCUT2D eigenvalue weighted by Crippen LogP contribution is -2.35. The number of nitrogens with zero attached hydrogens (tertiary/aromatic N) is 4. The minimum atomic E-state index is -0.337. The molecule has 1 saturated heterocycles.